The largest absolute Gasteiger partial charge is 0.240 e. The van der Waals surface area contributed by atoms with E-state index in [1.165, 1.54) is 16.7 Å². The quantitative estimate of drug-likeness (QED) is 0.682. The molecule has 0 N–H and O–H groups in total. The first-order valence-electron chi connectivity index (χ1n) is 6.03. The predicted octanol–water partition coefficient (Wildman–Crippen LogP) is 5.31. The van der Waals surface area contributed by atoms with Crippen molar-refractivity contribution in [2.45, 2.75) is 38.4 Å². The van der Waals surface area contributed by atoms with Crippen molar-refractivity contribution in [1.82, 2.24) is 4.98 Å². The van der Waals surface area contributed by atoms with E-state index in [2.05, 4.69) is 72.2 Å². The van der Waals surface area contributed by atoms with Gasteiger partial charge in [0.25, 0.3) is 0 Å². The molecule has 1 heterocycles. The van der Waals surface area contributed by atoms with Gasteiger partial charge in [0.1, 0.15) is 5.01 Å². The van der Waals surface area contributed by atoms with Gasteiger partial charge in [-0.3, -0.25) is 0 Å². The highest BCUT2D eigenvalue weighted by atomic mass is 79.9. The maximum absolute atomic E-state index is 4.62. The number of thiazole rings is 1. The van der Waals surface area contributed by atoms with Crippen molar-refractivity contribution in [3.8, 4) is 11.3 Å². The Morgan fingerprint density at radius 2 is 2.00 bits per heavy atom. The molecule has 1 nitrogen and oxygen atoms in total. The van der Waals surface area contributed by atoms with E-state index in [0.717, 1.165) is 16.0 Å². The number of aromatic nitrogens is 1. The number of aryl methyl sites for hydroxylation is 1. The van der Waals surface area contributed by atoms with Gasteiger partial charge in [-0.15, -0.1) is 11.3 Å². The number of hydrogen-bond donors (Lipinski definition) is 0. The molecule has 0 fully saturated rings. The monoisotopic (exact) mass is 323 g/mol. The van der Waals surface area contributed by atoms with Crippen molar-refractivity contribution in [3.63, 3.8) is 0 Å². The summed E-state index contributed by atoms with van der Waals surface area (Å²) in [6.45, 7) is 8.89. The Balaban J connectivity index is 2.41. The second-order valence-electron chi connectivity index (χ2n) is 5.54. The Morgan fingerprint density at radius 3 is 2.50 bits per heavy atom. The second-order valence-corrected chi connectivity index (χ2v) is 7.04. The van der Waals surface area contributed by atoms with Crippen LogP contribution in [-0.2, 0) is 10.7 Å². The van der Waals surface area contributed by atoms with Crippen molar-refractivity contribution < 1.29 is 0 Å². The molecular weight excluding hydrogens is 306 g/mol. The molecule has 0 bridgehead atoms. The molecule has 0 atom stereocenters. The number of rotatable bonds is 2. The number of hydrogen-bond acceptors (Lipinski definition) is 2. The van der Waals surface area contributed by atoms with Crippen LogP contribution in [0, 0.1) is 6.92 Å². The summed E-state index contributed by atoms with van der Waals surface area (Å²) in [7, 11) is 0. The van der Waals surface area contributed by atoms with Gasteiger partial charge in [-0.05, 0) is 23.5 Å². The molecule has 0 saturated heterocycles. The van der Waals surface area contributed by atoms with Crippen LogP contribution >= 0.6 is 27.3 Å². The normalized spacial score (nSPS) is 11.8. The van der Waals surface area contributed by atoms with Crippen LogP contribution in [0.5, 0.6) is 0 Å². The number of halogens is 1. The molecule has 0 unspecified atom stereocenters. The summed E-state index contributed by atoms with van der Waals surface area (Å²) >= 11 is 5.15. The summed E-state index contributed by atoms with van der Waals surface area (Å²) in [6, 6.07) is 6.70. The Kier molecular flexibility index (Phi) is 3.93. The van der Waals surface area contributed by atoms with E-state index < -0.39 is 0 Å². The number of benzene rings is 1. The summed E-state index contributed by atoms with van der Waals surface area (Å²) in [6.07, 6.45) is 0. The standard InChI is InChI=1S/C15H18BrNS/c1-10-7-11(15(2,3)4)5-6-12(10)13-9-18-14(8-16)17-13/h5-7,9H,8H2,1-4H3. The van der Waals surface area contributed by atoms with Gasteiger partial charge in [0, 0.05) is 10.9 Å². The zero-order valence-corrected chi connectivity index (χ0v) is 13.7. The van der Waals surface area contributed by atoms with Crippen LogP contribution in [0.2, 0.25) is 0 Å². The van der Waals surface area contributed by atoms with E-state index in [4.69, 9.17) is 0 Å². The van der Waals surface area contributed by atoms with Crippen LogP contribution in [-0.4, -0.2) is 4.98 Å². The third kappa shape index (κ3) is 2.83. The molecule has 2 aromatic rings. The molecule has 0 spiro atoms. The lowest BCUT2D eigenvalue weighted by atomic mass is 9.85. The van der Waals surface area contributed by atoms with E-state index in [-0.39, 0.29) is 5.41 Å². The predicted molar refractivity (Wildman–Crippen MR) is 83.6 cm³/mol. The van der Waals surface area contributed by atoms with Crippen LogP contribution in [0.15, 0.2) is 23.6 Å². The molecule has 0 aliphatic heterocycles. The number of alkyl halides is 1. The SMILES string of the molecule is Cc1cc(C(C)(C)C)ccc1-c1csc(CBr)n1. The van der Waals surface area contributed by atoms with E-state index >= 15 is 0 Å². The van der Waals surface area contributed by atoms with E-state index in [9.17, 15) is 0 Å². The molecule has 2 rings (SSSR count). The van der Waals surface area contributed by atoms with E-state index in [1.807, 2.05) is 0 Å². The third-order valence-electron chi connectivity index (χ3n) is 3.03. The first-order valence-corrected chi connectivity index (χ1v) is 8.04. The summed E-state index contributed by atoms with van der Waals surface area (Å²) in [5.41, 5.74) is 5.21. The molecule has 1 aromatic carbocycles. The third-order valence-corrected chi connectivity index (χ3v) is 4.79. The van der Waals surface area contributed by atoms with Crippen LogP contribution in [0.3, 0.4) is 0 Å². The van der Waals surface area contributed by atoms with Gasteiger partial charge < -0.3 is 0 Å². The van der Waals surface area contributed by atoms with Crippen LogP contribution in [0.25, 0.3) is 11.3 Å². The molecule has 0 radical (unpaired) electrons. The number of nitrogens with zero attached hydrogens (tertiary/aromatic N) is 1. The molecule has 0 aliphatic rings. The van der Waals surface area contributed by atoms with Crippen molar-refractivity contribution in [3.05, 3.63) is 39.7 Å². The smallest absolute Gasteiger partial charge is 0.104 e. The van der Waals surface area contributed by atoms with Crippen molar-refractivity contribution >= 4 is 27.3 Å². The molecule has 3 heteroatoms. The minimum absolute atomic E-state index is 0.201. The van der Waals surface area contributed by atoms with Crippen molar-refractivity contribution in [2.75, 3.05) is 0 Å². The van der Waals surface area contributed by atoms with Crippen LogP contribution < -0.4 is 0 Å². The molecule has 18 heavy (non-hydrogen) atoms. The Bertz CT molecular complexity index is 552. The maximum atomic E-state index is 4.62. The van der Waals surface area contributed by atoms with Crippen LogP contribution in [0.1, 0.15) is 36.9 Å². The zero-order valence-electron chi connectivity index (χ0n) is 11.2. The highest BCUT2D eigenvalue weighted by molar-refractivity contribution is 9.08. The molecule has 1 aromatic heterocycles. The van der Waals surface area contributed by atoms with Gasteiger partial charge in [-0.2, -0.15) is 0 Å². The summed E-state index contributed by atoms with van der Waals surface area (Å²) in [5.74, 6) is 0. The highest BCUT2D eigenvalue weighted by Crippen LogP contribution is 2.30. The van der Waals surface area contributed by atoms with Gasteiger partial charge in [0.2, 0.25) is 0 Å². The fourth-order valence-electron chi connectivity index (χ4n) is 1.91. The second kappa shape index (κ2) is 5.14. The average Bonchev–Trinajstić information content (AvgIpc) is 2.76. The average molecular weight is 324 g/mol. The lowest BCUT2D eigenvalue weighted by molar-refractivity contribution is 0.590. The molecule has 0 aliphatic carbocycles. The topological polar surface area (TPSA) is 12.9 Å². The highest BCUT2D eigenvalue weighted by Gasteiger charge is 2.15. The van der Waals surface area contributed by atoms with Gasteiger partial charge in [0.15, 0.2) is 0 Å². The van der Waals surface area contributed by atoms with Crippen LogP contribution in [0.4, 0.5) is 0 Å². The Hall–Kier alpha value is -0.670. The Morgan fingerprint density at radius 1 is 1.28 bits per heavy atom. The minimum Gasteiger partial charge on any atom is -0.240 e. The molecule has 96 valence electrons. The lowest BCUT2D eigenvalue weighted by Gasteiger charge is -2.20. The van der Waals surface area contributed by atoms with E-state index in [0.29, 0.717) is 0 Å². The first kappa shape index (κ1) is 13.8. The fraction of sp³-hybridized carbons (Fsp3) is 0.400. The van der Waals surface area contributed by atoms with Crippen molar-refractivity contribution in [2.24, 2.45) is 0 Å². The lowest BCUT2D eigenvalue weighted by Crippen LogP contribution is -2.11. The van der Waals surface area contributed by atoms with Gasteiger partial charge in [0.05, 0.1) is 11.0 Å². The molecule has 0 amide bonds. The minimum atomic E-state index is 0.201. The maximum Gasteiger partial charge on any atom is 0.104 e. The van der Waals surface area contributed by atoms with Crippen molar-refractivity contribution in [1.29, 1.82) is 0 Å². The van der Waals surface area contributed by atoms with Gasteiger partial charge >= 0.3 is 0 Å². The van der Waals surface area contributed by atoms with Gasteiger partial charge in [-0.1, -0.05) is 54.9 Å². The first-order chi connectivity index (χ1) is 8.41. The molecule has 0 saturated carbocycles. The van der Waals surface area contributed by atoms with Gasteiger partial charge in [-0.25, -0.2) is 4.98 Å². The zero-order chi connectivity index (χ0) is 13.3. The van der Waals surface area contributed by atoms with E-state index in [1.54, 1.807) is 11.3 Å². The fourth-order valence-corrected chi connectivity index (χ4v) is 3.08. The summed E-state index contributed by atoms with van der Waals surface area (Å²) in [4.78, 5) is 4.62. The summed E-state index contributed by atoms with van der Waals surface area (Å²) < 4.78 is 0. The molecular formula is C15H18BrNS. The summed E-state index contributed by atoms with van der Waals surface area (Å²) in [5, 5.41) is 4.09. The Labute approximate surface area is 121 Å².